The quantitative estimate of drug-likeness (QED) is 0.716. The number of hydroxylamine groups is 2. The zero-order valence-electron chi connectivity index (χ0n) is 17.9. The van der Waals surface area contributed by atoms with Crippen LogP contribution in [0.1, 0.15) is 30.5 Å². The summed E-state index contributed by atoms with van der Waals surface area (Å²) in [5.41, 5.74) is 1.39. The fourth-order valence-corrected chi connectivity index (χ4v) is 5.97. The summed E-state index contributed by atoms with van der Waals surface area (Å²) in [6.07, 6.45) is 15.9. The molecule has 0 bridgehead atoms. The molecule has 1 amide bonds. The number of hydrogen-bond acceptors (Lipinski definition) is 5. The van der Waals surface area contributed by atoms with Crippen LogP contribution in [0, 0.1) is 17.8 Å². The summed E-state index contributed by atoms with van der Waals surface area (Å²) >= 11 is 6.32. The topological polar surface area (TPSA) is 76.9 Å². The molecule has 1 aromatic heterocycles. The lowest BCUT2D eigenvalue weighted by Crippen LogP contribution is -2.50. The van der Waals surface area contributed by atoms with Gasteiger partial charge in [-0.15, -0.1) is 0 Å². The lowest BCUT2D eigenvalue weighted by molar-refractivity contribution is -0.133. The van der Waals surface area contributed by atoms with Crippen LogP contribution in [0.15, 0.2) is 65.5 Å². The van der Waals surface area contributed by atoms with E-state index in [1.54, 1.807) is 18.3 Å². The normalized spacial score (nSPS) is 30.2. The number of aryl methyl sites for hydroxylation is 1. The van der Waals surface area contributed by atoms with Gasteiger partial charge in [-0.1, -0.05) is 29.8 Å². The largest absolute Gasteiger partial charge is 0.383 e. The van der Waals surface area contributed by atoms with E-state index in [1.165, 1.54) is 6.20 Å². The third-order valence-electron chi connectivity index (χ3n) is 7.40. The molecule has 2 N–H and O–H groups in total. The number of nitrogens with zero attached hydrogens (tertiary/aromatic N) is 3. The monoisotopic (exact) mass is 453 g/mol. The molecule has 1 fully saturated rings. The maximum atomic E-state index is 12.9. The fourth-order valence-electron chi connectivity index (χ4n) is 5.74. The fraction of sp³-hybridized carbons (Fsp3) is 0.440. The molecule has 6 nitrogen and oxygen atoms in total. The molecule has 1 aromatic rings. The first-order chi connectivity index (χ1) is 15.5. The van der Waals surface area contributed by atoms with Crippen molar-refractivity contribution in [3.63, 3.8) is 0 Å². The number of allylic oxidation sites excluding steroid dienone is 3. The Morgan fingerprint density at radius 2 is 2.03 bits per heavy atom. The molecule has 2 aliphatic heterocycles. The van der Waals surface area contributed by atoms with E-state index in [1.807, 2.05) is 17.0 Å². The first kappa shape index (κ1) is 21.4. The summed E-state index contributed by atoms with van der Waals surface area (Å²) < 4.78 is 0. The van der Waals surface area contributed by atoms with E-state index < -0.39 is 5.60 Å². The second kappa shape index (κ2) is 8.50. The summed E-state index contributed by atoms with van der Waals surface area (Å²) in [6, 6.07) is 4.01. The van der Waals surface area contributed by atoms with Gasteiger partial charge in [0.25, 0.3) is 5.91 Å². The zero-order chi connectivity index (χ0) is 22.3. The Morgan fingerprint density at radius 3 is 2.78 bits per heavy atom. The van der Waals surface area contributed by atoms with Gasteiger partial charge in [-0.3, -0.25) is 20.0 Å². The highest BCUT2D eigenvalue weighted by molar-refractivity contribution is 6.31. The van der Waals surface area contributed by atoms with Crippen LogP contribution in [-0.2, 0) is 16.8 Å². The minimum atomic E-state index is -1.10. The van der Waals surface area contributed by atoms with Crippen molar-refractivity contribution in [2.75, 3.05) is 19.6 Å². The van der Waals surface area contributed by atoms with Crippen LogP contribution in [0.3, 0.4) is 0 Å². The highest BCUT2D eigenvalue weighted by Crippen LogP contribution is 2.50. The number of carbonyl (C=O) groups excluding carboxylic acids is 1. The average Bonchev–Trinajstić information content (AvgIpc) is 2.94. The Morgan fingerprint density at radius 1 is 1.22 bits per heavy atom. The lowest BCUT2D eigenvalue weighted by atomic mass is 9.65. The van der Waals surface area contributed by atoms with Crippen LogP contribution < -0.4 is 0 Å². The van der Waals surface area contributed by atoms with Crippen molar-refractivity contribution in [3.8, 4) is 0 Å². The lowest BCUT2D eigenvalue weighted by Gasteiger charge is -2.46. The van der Waals surface area contributed by atoms with Crippen molar-refractivity contribution in [2.45, 2.75) is 31.3 Å². The number of amides is 1. The zero-order valence-corrected chi connectivity index (χ0v) is 18.7. The van der Waals surface area contributed by atoms with Gasteiger partial charge in [-0.2, -0.15) is 0 Å². The molecule has 3 atom stereocenters. The molecular weight excluding hydrogens is 426 g/mol. The predicted octanol–water partition coefficient (Wildman–Crippen LogP) is 3.52. The molecule has 32 heavy (non-hydrogen) atoms. The van der Waals surface area contributed by atoms with E-state index >= 15 is 0 Å². The van der Waals surface area contributed by atoms with Crippen molar-refractivity contribution in [2.24, 2.45) is 17.8 Å². The molecule has 1 saturated heterocycles. The molecule has 0 saturated carbocycles. The molecule has 2 aliphatic carbocycles. The predicted molar refractivity (Wildman–Crippen MR) is 122 cm³/mol. The number of rotatable bonds is 2. The Balaban J connectivity index is 1.40. The van der Waals surface area contributed by atoms with E-state index in [-0.39, 0.29) is 23.7 Å². The summed E-state index contributed by atoms with van der Waals surface area (Å²) in [6.45, 7) is 1.47. The van der Waals surface area contributed by atoms with Crippen LogP contribution in [0.5, 0.6) is 0 Å². The van der Waals surface area contributed by atoms with Gasteiger partial charge < -0.3 is 10.0 Å². The molecule has 0 aromatic carbocycles. The smallest absolute Gasteiger partial charge is 0.253 e. The minimum Gasteiger partial charge on any atom is -0.383 e. The molecule has 3 unspecified atom stereocenters. The number of halogens is 1. The standard InChI is InChI=1S/C25H28ClN3O3/c26-21-5-6-22-19(16-21)4-3-17-2-1-11-27-23(17)25(22,31)20-9-12-28(13-10-20)24(30)18-7-14-29(32)15-8-18/h1-2,5-8,11,14,16,19-20,22,31-32H,3-4,9-10,12-13,15H2. The maximum absolute atomic E-state index is 12.9. The second-order valence-electron chi connectivity index (χ2n) is 9.14. The number of aromatic nitrogens is 1. The van der Waals surface area contributed by atoms with Crippen molar-refractivity contribution in [1.29, 1.82) is 0 Å². The van der Waals surface area contributed by atoms with Crippen LogP contribution in [-0.4, -0.2) is 50.8 Å². The Kier molecular flexibility index (Phi) is 5.70. The number of piperidine rings is 1. The Labute approximate surface area is 193 Å². The molecule has 5 rings (SSSR count). The van der Waals surface area contributed by atoms with Gasteiger partial charge in [0.2, 0.25) is 0 Å². The highest BCUT2D eigenvalue weighted by atomic mass is 35.5. The van der Waals surface area contributed by atoms with Gasteiger partial charge in [-0.25, -0.2) is 0 Å². The first-order valence-corrected chi connectivity index (χ1v) is 11.7. The number of pyridine rings is 1. The first-order valence-electron chi connectivity index (χ1n) is 11.3. The van der Waals surface area contributed by atoms with Gasteiger partial charge >= 0.3 is 0 Å². The molecular formula is C25H28ClN3O3. The number of fused-ring (bicyclic) bond motifs is 2. The van der Waals surface area contributed by atoms with Crippen LogP contribution in [0.2, 0.25) is 0 Å². The van der Waals surface area contributed by atoms with Gasteiger partial charge in [0.15, 0.2) is 0 Å². The van der Waals surface area contributed by atoms with Gasteiger partial charge in [0, 0.05) is 42.0 Å². The minimum absolute atomic E-state index is 0.00969. The molecule has 0 spiro atoms. The molecule has 7 heteroatoms. The maximum Gasteiger partial charge on any atom is 0.253 e. The van der Waals surface area contributed by atoms with E-state index in [0.717, 1.165) is 34.2 Å². The van der Waals surface area contributed by atoms with Gasteiger partial charge in [0.1, 0.15) is 5.60 Å². The number of aliphatic hydroxyl groups is 1. The van der Waals surface area contributed by atoms with E-state index in [2.05, 4.69) is 23.2 Å². The van der Waals surface area contributed by atoms with Crippen molar-refractivity contribution in [1.82, 2.24) is 14.9 Å². The van der Waals surface area contributed by atoms with Crippen molar-refractivity contribution in [3.05, 3.63) is 76.8 Å². The molecule has 0 radical (unpaired) electrons. The van der Waals surface area contributed by atoms with Crippen molar-refractivity contribution >= 4 is 17.5 Å². The third kappa shape index (κ3) is 3.70. The SMILES string of the molecule is O=C(C1=CCN(O)C=C1)N1CCC(C2(O)c3ncccc3CCC3C=C(Cl)C=CC32)CC1. The molecule has 4 aliphatic rings. The number of hydrogen-bond donors (Lipinski definition) is 2. The average molecular weight is 454 g/mol. The van der Waals surface area contributed by atoms with Gasteiger partial charge in [-0.05, 0) is 67.4 Å². The highest BCUT2D eigenvalue weighted by Gasteiger charge is 2.51. The van der Waals surface area contributed by atoms with E-state index in [0.29, 0.717) is 38.0 Å². The molecule has 3 heterocycles. The Hall–Kier alpha value is -2.41. The molecule has 168 valence electrons. The third-order valence-corrected chi connectivity index (χ3v) is 7.65. The van der Waals surface area contributed by atoms with Gasteiger partial charge in [0.05, 0.1) is 12.2 Å². The summed E-state index contributed by atoms with van der Waals surface area (Å²) in [5.74, 6) is 0.0344. The number of likely N-dealkylation sites (tertiary alicyclic amines) is 1. The summed E-state index contributed by atoms with van der Waals surface area (Å²) in [5, 5.41) is 23.6. The van der Waals surface area contributed by atoms with Crippen molar-refractivity contribution < 1.29 is 15.1 Å². The summed E-state index contributed by atoms with van der Waals surface area (Å²) in [4.78, 5) is 19.5. The van der Waals surface area contributed by atoms with Crippen LogP contribution in [0.4, 0.5) is 0 Å². The second-order valence-corrected chi connectivity index (χ2v) is 9.58. The summed E-state index contributed by atoms with van der Waals surface area (Å²) in [7, 11) is 0. The number of carbonyl (C=O) groups is 1. The van der Waals surface area contributed by atoms with E-state index in [4.69, 9.17) is 11.6 Å². The van der Waals surface area contributed by atoms with Crippen LogP contribution >= 0.6 is 11.6 Å². The van der Waals surface area contributed by atoms with E-state index in [9.17, 15) is 15.1 Å². The Bertz CT molecular complexity index is 1030. The van der Waals surface area contributed by atoms with Crippen LogP contribution in [0.25, 0.3) is 0 Å².